The van der Waals surface area contributed by atoms with Gasteiger partial charge in [0.25, 0.3) is 5.91 Å². The predicted molar refractivity (Wildman–Crippen MR) is 61.6 cm³/mol. The third kappa shape index (κ3) is 3.78. The van der Waals surface area contributed by atoms with Crippen LogP contribution in [0.1, 0.15) is 30.1 Å². The van der Waals surface area contributed by atoms with E-state index in [1.54, 1.807) is 0 Å². The first kappa shape index (κ1) is 13.6. The molecule has 1 aromatic carbocycles. The smallest absolute Gasteiger partial charge is 0.251 e. The van der Waals surface area contributed by atoms with Crippen LogP contribution in [0.2, 0.25) is 0 Å². The van der Waals surface area contributed by atoms with Crippen LogP contribution in [0.5, 0.6) is 0 Å². The normalized spacial score (nSPS) is 12.2. The summed E-state index contributed by atoms with van der Waals surface area (Å²) in [5, 5.41) is 2.68. The molecule has 0 radical (unpaired) electrons. The van der Waals surface area contributed by atoms with Crippen LogP contribution in [0.4, 0.5) is 8.78 Å². The molecule has 5 heteroatoms. The van der Waals surface area contributed by atoms with Crippen molar-refractivity contribution in [2.75, 3.05) is 6.54 Å². The number of hydrogen-bond donors (Lipinski definition) is 2. The lowest BCUT2D eigenvalue weighted by atomic mass is 10.1. The molecule has 0 saturated carbocycles. The van der Waals surface area contributed by atoms with Crippen LogP contribution in [0.15, 0.2) is 18.2 Å². The van der Waals surface area contributed by atoms with Gasteiger partial charge in [0.05, 0.1) is 0 Å². The number of benzene rings is 1. The summed E-state index contributed by atoms with van der Waals surface area (Å²) in [6.07, 6.45) is 1.64. The fourth-order valence-corrected chi connectivity index (χ4v) is 1.50. The van der Waals surface area contributed by atoms with Gasteiger partial charge < -0.3 is 11.1 Å². The van der Waals surface area contributed by atoms with Gasteiger partial charge in [0.2, 0.25) is 0 Å². The Kier molecular flexibility index (Phi) is 5.03. The molecule has 1 amide bonds. The minimum atomic E-state index is -1.03. The van der Waals surface area contributed by atoms with Gasteiger partial charge in [0.1, 0.15) is 0 Å². The Morgan fingerprint density at radius 3 is 2.65 bits per heavy atom. The Labute approximate surface area is 99.0 Å². The first-order valence-electron chi connectivity index (χ1n) is 5.54. The summed E-state index contributed by atoms with van der Waals surface area (Å²) >= 11 is 0. The average Bonchev–Trinajstić information content (AvgIpc) is 2.31. The van der Waals surface area contributed by atoms with Gasteiger partial charge in [-0.2, -0.15) is 0 Å². The highest BCUT2D eigenvalue weighted by Crippen LogP contribution is 2.09. The third-order valence-corrected chi connectivity index (χ3v) is 2.44. The molecule has 0 aliphatic heterocycles. The zero-order valence-corrected chi connectivity index (χ0v) is 9.67. The molecule has 1 atom stereocenters. The zero-order chi connectivity index (χ0) is 12.8. The molecule has 0 heterocycles. The van der Waals surface area contributed by atoms with Crippen molar-refractivity contribution in [1.82, 2.24) is 5.32 Å². The van der Waals surface area contributed by atoms with Gasteiger partial charge in [0, 0.05) is 18.2 Å². The van der Waals surface area contributed by atoms with E-state index in [1.807, 2.05) is 6.92 Å². The van der Waals surface area contributed by atoms with Crippen LogP contribution in [0.3, 0.4) is 0 Å². The van der Waals surface area contributed by atoms with Crippen LogP contribution in [-0.2, 0) is 0 Å². The molecule has 1 aromatic rings. The Hall–Kier alpha value is -1.49. The molecular weight excluding hydrogens is 226 g/mol. The van der Waals surface area contributed by atoms with E-state index in [-0.39, 0.29) is 11.6 Å². The van der Waals surface area contributed by atoms with Crippen molar-refractivity contribution in [3.8, 4) is 0 Å². The summed E-state index contributed by atoms with van der Waals surface area (Å²) in [5.41, 5.74) is 5.59. The van der Waals surface area contributed by atoms with Gasteiger partial charge in [-0.05, 0) is 24.6 Å². The number of carbonyl (C=O) groups is 1. The molecule has 17 heavy (non-hydrogen) atoms. The van der Waals surface area contributed by atoms with Crippen LogP contribution >= 0.6 is 0 Å². The quantitative estimate of drug-likeness (QED) is 0.827. The molecular formula is C12H16F2N2O. The van der Waals surface area contributed by atoms with Crippen LogP contribution in [0, 0.1) is 11.6 Å². The summed E-state index contributed by atoms with van der Waals surface area (Å²) in [4.78, 5) is 11.7. The summed E-state index contributed by atoms with van der Waals surface area (Å²) in [6, 6.07) is 2.92. The number of nitrogens with two attached hydrogens (primary N) is 1. The number of carbonyl (C=O) groups excluding carboxylic acids is 1. The van der Waals surface area contributed by atoms with Crippen molar-refractivity contribution in [2.45, 2.75) is 25.8 Å². The maximum absolute atomic E-state index is 12.9. The Morgan fingerprint density at radius 1 is 1.41 bits per heavy atom. The molecule has 0 saturated heterocycles. The van der Waals surface area contributed by atoms with E-state index in [4.69, 9.17) is 5.73 Å². The van der Waals surface area contributed by atoms with E-state index in [1.165, 1.54) is 6.07 Å². The highest BCUT2D eigenvalue weighted by molar-refractivity contribution is 5.94. The average molecular weight is 242 g/mol. The van der Waals surface area contributed by atoms with E-state index in [9.17, 15) is 13.6 Å². The number of hydrogen-bond acceptors (Lipinski definition) is 2. The molecule has 3 nitrogen and oxygen atoms in total. The summed E-state index contributed by atoms with van der Waals surface area (Å²) in [5.74, 6) is -2.43. The molecule has 94 valence electrons. The summed E-state index contributed by atoms with van der Waals surface area (Å²) < 4.78 is 25.6. The van der Waals surface area contributed by atoms with E-state index >= 15 is 0 Å². The maximum Gasteiger partial charge on any atom is 0.251 e. The number of rotatable bonds is 5. The molecule has 1 unspecified atom stereocenters. The maximum atomic E-state index is 12.9. The molecule has 0 bridgehead atoms. The van der Waals surface area contributed by atoms with Crippen molar-refractivity contribution in [1.29, 1.82) is 0 Å². The van der Waals surface area contributed by atoms with Crippen molar-refractivity contribution >= 4 is 5.91 Å². The largest absolute Gasteiger partial charge is 0.348 e. The van der Waals surface area contributed by atoms with Gasteiger partial charge in [-0.1, -0.05) is 13.3 Å². The fraction of sp³-hybridized carbons (Fsp3) is 0.417. The minimum absolute atomic E-state index is 0.0958. The number of nitrogens with one attached hydrogen (secondary N) is 1. The topological polar surface area (TPSA) is 55.1 Å². The second-order valence-electron chi connectivity index (χ2n) is 3.82. The standard InChI is InChI=1S/C12H16F2N2O/c1-2-3-9(7-15)16-12(17)8-4-5-10(13)11(14)6-8/h4-6,9H,2-3,7,15H2,1H3,(H,16,17). The highest BCUT2D eigenvalue weighted by Gasteiger charge is 2.13. The molecule has 0 aliphatic carbocycles. The first-order valence-corrected chi connectivity index (χ1v) is 5.54. The molecule has 0 aliphatic rings. The van der Waals surface area contributed by atoms with E-state index in [0.717, 1.165) is 25.0 Å². The Morgan fingerprint density at radius 2 is 2.12 bits per heavy atom. The van der Waals surface area contributed by atoms with Crippen LogP contribution < -0.4 is 11.1 Å². The Balaban J connectivity index is 2.72. The molecule has 0 fully saturated rings. The lowest BCUT2D eigenvalue weighted by molar-refractivity contribution is 0.0935. The lowest BCUT2D eigenvalue weighted by Crippen LogP contribution is -2.40. The SMILES string of the molecule is CCCC(CN)NC(=O)c1ccc(F)c(F)c1. The second-order valence-corrected chi connectivity index (χ2v) is 3.82. The van der Waals surface area contributed by atoms with Gasteiger partial charge in [-0.3, -0.25) is 4.79 Å². The van der Waals surface area contributed by atoms with Gasteiger partial charge in [-0.15, -0.1) is 0 Å². The van der Waals surface area contributed by atoms with Crippen molar-refractivity contribution in [2.24, 2.45) is 5.73 Å². The zero-order valence-electron chi connectivity index (χ0n) is 9.67. The van der Waals surface area contributed by atoms with Gasteiger partial charge in [-0.25, -0.2) is 8.78 Å². The van der Waals surface area contributed by atoms with Crippen molar-refractivity contribution in [3.63, 3.8) is 0 Å². The molecule has 3 N–H and O–H groups in total. The number of halogens is 2. The summed E-state index contributed by atoms with van der Waals surface area (Å²) in [6.45, 7) is 2.30. The fourth-order valence-electron chi connectivity index (χ4n) is 1.50. The lowest BCUT2D eigenvalue weighted by Gasteiger charge is -2.15. The third-order valence-electron chi connectivity index (χ3n) is 2.44. The monoisotopic (exact) mass is 242 g/mol. The molecule has 0 spiro atoms. The van der Waals surface area contributed by atoms with Crippen LogP contribution in [-0.4, -0.2) is 18.5 Å². The Bertz CT molecular complexity index is 396. The minimum Gasteiger partial charge on any atom is -0.348 e. The molecule has 0 aromatic heterocycles. The summed E-state index contributed by atoms with van der Waals surface area (Å²) in [7, 11) is 0. The van der Waals surface area contributed by atoms with Crippen molar-refractivity contribution < 1.29 is 13.6 Å². The first-order chi connectivity index (χ1) is 8.08. The van der Waals surface area contributed by atoms with Crippen LogP contribution in [0.25, 0.3) is 0 Å². The second kappa shape index (κ2) is 6.30. The van der Waals surface area contributed by atoms with Gasteiger partial charge in [0.15, 0.2) is 11.6 Å². The molecule has 1 rings (SSSR count). The van der Waals surface area contributed by atoms with E-state index in [0.29, 0.717) is 6.54 Å². The predicted octanol–water partition coefficient (Wildman–Crippen LogP) is 1.82. The van der Waals surface area contributed by atoms with Gasteiger partial charge >= 0.3 is 0 Å². The number of amides is 1. The van der Waals surface area contributed by atoms with E-state index < -0.39 is 17.5 Å². The highest BCUT2D eigenvalue weighted by atomic mass is 19.2. The van der Waals surface area contributed by atoms with E-state index in [2.05, 4.69) is 5.32 Å². The van der Waals surface area contributed by atoms with Crippen molar-refractivity contribution in [3.05, 3.63) is 35.4 Å².